The molecule has 2 heterocycles. The van der Waals surface area contributed by atoms with Crippen LogP contribution in [0.4, 0.5) is 0 Å². The van der Waals surface area contributed by atoms with Gasteiger partial charge in [-0.1, -0.05) is 54.1 Å². The number of benzene rings is 2. The van der Waals surface area contributed by atoms with Gasteiger partial charge in [0.1, 0.15) is 10.8 Å². The first-order valence-corrected chi connectivity index (χ1v) is 11.3. The molecule has 1 saturated heterocycles. The molecule has 4 nitrogen and oxygen atoms in total. The quantitative estimate of drug-likeness (QED) is 0.549. The fourth-order valence-corrected chi connectivity index (χ4v) is 4.87. The van der Waals surface area contributed by atoms with Crippen LogP contribution in [0, 0.1) is 0 Å². The molecule has 1 aromatic heterocycles. The van der Waals surface area contributed by atoms with Crippen molar-refractivity contribution in [3.63, 3.8) is 0 Å². The second kappa shape index (κ2) is 8.45. The number of halogens is 1. The van der Waals surface area contributed by atoms with Crippen LogP contribution in [-0.4, -0.2) is 34.0 Å². The Kier molecular flexibility index (Phi) is 5.51. The highest BCUT2D eigenvalue weighted by Gasteiger charge is 2.30. The molecule has 31 heavy (non-hydrogen) atoms. The Balaban J connectivity index is 1.38. The number of likely N-dealkylation sites (tertiary alicyclic amines) is 1. The monoisotopic (exact) mass is 432 g/mol. The number of amides is 1. The normalized spacial score (nSPS) is 18.4. The molecule has 1 amide bonds. The lowest BCUT2D eigenvalue weighted by atomic mass is 9.89. The SMILES string of the molecule is O=C(c1cccc(Cl)n1)N1CC[C@@H](c2ccc(-c3ccccc3C3CC3)cc2CO)C1. The molecular formula is C26H25ClN2O2. The second-order valence-electron chi connectivity index (χ2n) is 8.52. The summed E-state index contributed by atoms with van der Waals surface area (Å²) in [6.45, 7) is 1.29. The molecule has 1 atom stereocenters. The highest BCUT2D eigenvalue weighted by molar-refractivity contribution is 6.29. The third-order valence-corrected chi connectivity index (χ3v) is 6.66. The van der Waals surface area contributed by atoms with Gasteiger partial charge in [-0.25, -0.2) is 4.98 Å². The van der Waals surface area contributed by atoms with Crippen molar-refractivity contribution in [2.75, 3.05) is 13.1 Å². The van der Waals surface area contributed by atoms with Crippen LogP contribution in [0.2, 0.25) is 5.15 Å². The predicted molar refractivity (Wildman–Crippen MR) is 122 cm³/mol. The van der Waals surface area contributed by atoms with Gasteiger partial charge in [-0.3, -0.25) is 4.79 Å². The molecule has 2 aromatic carbocycles. The van der Waals surface area contributed by atoms with E-state index in [4.69, 9.17) is 11.6 Å². The number of rotatable bonds is 5. The maximum Gasteiger partial charge on any atom is 0.272 e. The lowest BCUT2D eigenvalue weighted by Gasteiger charge is -2.19. The van der Waals surface area contributed by atoms with Crippen molar-refractivity contribution in [2.24, 2.45) is 0 Å². The number of aliphatic hydroxyl groups is 1. The van der Waals surface area contributed by atoms with E-state index in [0.29, 0.717) is 29.9 Å². The molecule has 2 fully saturated rings. The Morgan fingerprint density at radius 2 is 1.84 bits per heavy atom. The van der Waals surface area contributed by atoms with Crippen molar-refractivity contribution in [3.8, 4) is 11.1 Å². The van der Waals surface area contributed by atoms with E-state index in [1.54, 1.807) is 18.2 Å². The van der Waals surface area contributed by atoms with E-state index < -0.39 is 0 Å². The highest BCUT2D eigenvalue weighted by Crippen LogP contribution is 2.44. The maximum atomic E-state index is 12.8. The van der Waals surface area contributed by atoms with Crippen molar-refractivity contribution >= 4 is 17.5 Å². The van der Waals surface area contributed by atoms with Gasteiger partial charge in [-0.2, -0.15) is 0 Å². The van der Waals surface area contributed by atoms with Crippen molar-refractivity contribution in [1.29, 1.82) is 0 Å². The first-order chi connectivity index (χ1) is 15.1. The minimum Gasteiger partial charge on any atom is -0.392 e. The number of carbonyl (C=O) groups is 1. The molecule has 0 radical (unpaired) electrons. The molecule has 0 bridgehead atoms. The number of aromatic nitrogens is 1. The lowest BCUT2D eigenvalue weighted by molar-refractivity contribution is 0.0785. The zero-order valence-electron chi connectivity index (χ0n) is 17.3. The molecule has 1 aliphatic carbocycles. The summed E-state index contributed by atoms with van der Waals surface area (Å²) >= 11 is 5.95. The average molecular weight is 433 g/mol. The largest absolute Gasteiger partial charge is 0.392 e. The third kappa shape index (κ3) is 4.10. The standard InChI is InChI=1S/C26H25ClN2O2/c27-25-7-3-6-24(28-25)26(31)29-13-12-19(15-29)21-11-10-18(14-20(21)16-30)23-5-2-1-4-22(23)17-8-9-17/h1-7,10-11,14,17,19,30H,8-9,12-13,15-16H2/t19-/m1/s1. The smallest absolute Gasteiger partial charge is 0.272 e. The van der Waals surface area contributed by atoms with Crippen LogP contribution in [0.5, 0.6) is 0 Å². The van der Waals surface area contributed by atoms with Crippen LogP contribution in [0.25, 0.3) is 11.1 Å². The van der Waals surface area contributed by atoms with E-state index in [2.05, 4.69) is 47.4 Å². The number of hydrogen-bond donors (Lipinski definition) is 1. The lowest BCUT2D eigenvalue weighted by Crippen LogP contribution is -2.29. The van der Waals surface area contributed by atoms with Crippen molar-refractivity contribution in [3.05, 3.63) is 88.2 Å². The summed E-state index contributed by atoms with van der Waals surface area (Å²) in [5.74, 6) is 0.784. The molecule has 1 saturated carbocycles. The van der Waals surface area contributed by atoms with E-state index >= 15 is 0 Å². The van der Waals surface area contributed by atoms with E-state index in [1.807, 2.05) is 4.90 Å². The molecule has 5 rings (SSSR count). The zero-order chi connectivity index (χ0) is 21.4. The summed E-state index contributed by atoms with van der Waals surface area (Å²) in [5.41, 5.74) is 6.28. The predicted octanol–water partition coefficient (Wildman–Crippen LogP) is 5.40. The summed E-state index contributed by atoms with van der Waals surface area (Å²) in [6, 6.07) is 20.1. The Bertz CT molecular complexity index is 1130. The number of carbonyl (C=O) groups excluding carboxylic acids is 1. The third-order valence-electron chi connectivity index (χ3n) is 6.45. The topological polar surface area (TPSA) is 53.4 Å². The molecule has 1 N–H and O–H groups in total. The van der Waals surface area contributed by atoms with Crippen LogP contribution < -0.4 is 0 Å². The highest BCUT2D eigenvalue weighted by atomic mass is 35.5. The van der Waals surface area contributed by atoms with Gasteiger partial charge in [0.25, 0.3) is 5.91 Å². The van der Waals surface area contributed by atoms with Crippen LogP contribution >= 0.6 is 11.6 Å². The van der Waals surface area contributed by atoms with E-state index in [1.165, 1.54) is 24.0 Å². The number of aliphatic hydroxyl groups excluding tert-OH is 1. The number of nitrogens with zero attached hydrogens (tertiary/aromatic N) is 2. The van der Waals surface area contributed by atoms with Crippen molar-refractivity contribution < 1.29 is 9.90 Å². The fraction of sp³-hybridized carbons (Fsp3) is 0.308. The first-order valence-electron chi connectivity index (χ1n) is 10.9. The van der Waals surface area contributed by atoms with Crippen LogP contribution in [0.15, 0.2) is 60.7 Å². The maximum absolute atomic E-state index is 12.8. The minimum absolute atomic E-state index is 0.00490. The molecule has 5 heteroatoms. The van der Waals surface area contributed by atoms with Gasteiger partial charge in [-0.05, 0) is 71.2 Å². The van der Waals surface area contributed by atoms with E-state index in [-0.39, 0.29) is 18.4 Å². The summed E-state index contributed by atoms with van der Waals surface area (Å²) in [7, 11) is 0. The Morgan fingerprint density at radius 1 is 1.00 bits per heavy atom. The summed E-state index contributed by atoms with van der Waals surface area (Å²) in [6.07, 6.45) is 3.39. The molecule has 158 valence electrons. The van der Waals surface area contributed by atoms with Gasteiger partial charge in [0.2, 0.25) is 0 Å². The van der Waals surface area contributed by atoms with E-state index in [9.17, 15) is 9.90 Å². The summed E-state index contributed by atoms with van der Waals surface area (Å²) < 4.78 is 0. The Morgan fingerprint density at radius 3 is 2.61 bits per heavy atom. The summed E-state index contributed by atoms with van der Waals surface area (Å²) in [5, 5.41) is 10.4. The van der Waals surface area contributed by atoms with Crippen LogP contribution in [0.1, 0.15) is 58.3 Å². The molecule has 0 spiro atoms. The van der Waals surface area contributed by atoms with Gasteiger partial charge in [-0.15, -0.1) is 0 Å². The van der Waals surface area contributed by atoms with Gasteiger partial charge in [0, 0.05) is 19.0 Å². The zero-order valence-corrected chi connectivity index (χ0v) is 18.1. The fourth-order valence-electron chi connectivity index (χ4n) is 4.71. The van der Waals surface area contributed by atoms with Gasteiger partial charge < -0.3 is 10.0 Å². The van der Waals surface area contributed by atoms with Gasteiger partial charge >= 0.3 is 0 Å². The molecule has 2 aliphatic rings. The van der Waals surface area contributed by atoms with Gasteiger partial charge in [0.15, 0.2) is 0 Å². The van der Waals surface area contributed by atoms with Crippen molar-refractivity contribution in [2.45, 2.75) is 37.7 Å². The molecule has 0 unspecified atom stereocenters. The molecular weight excluding hydrogens is 408 g/mol. The van der Waals surface area contributed by atoms with E-state index in [0.717, 1.165) is 23.1 Å². The molecule has 3 aromatic rings. The number of hydrogen-bond acceptors (Lipinski definition) is 3. The van der Waals surface area contributed by atoms with Crippen molar-refractivity contribution in [1.82, 2.24) is 9.88 Å². The summed E-state index contributed by atoms with van der Waals surface area (Å²) in [4.78, 5) is 18.8. The van der Waals surface area contributed by atoms with Gasteiger partial charge in [0.05, 0.1) is 6.61 Å². The Hall–Kier alpha value is -2.69. The Labute approximate surface area is 187 Å². The number of pyridine rings is 1. The average Bonchev–Trinajstić information content (AvgIpc) is 3.54. The molecule has 1 aliphatic heterocycles. The van der Waals surface area contributed by atoms with Crippen LogP contribution in [0.3, 0.4) is 0 Å². The minimum atomic E-state index is -0.0921. The van der Waals surface area contributed by atoms with Crippen LogP contribution in [-0.2, 0) is 6.61 Å². The second-order valence-corrected chi connectivity index (χ2v) is 8.90. The first kappa shape index (κ1) is 20.2.